The first kappa shape index (κ1) is 15.7. The number of nitrogens with one attached hydrogen (secondary N) is 1. The van der Waals surface area contributed by atoms with Crippen LogP contribution in [0.25, 0.3) is 0 Å². The van der Waals surface area contributed by atoms with Gasteiger partial charge in [-0.2, -0.15) is 4.31 Å². The molecular weight excluding hydrogens is 286 g/mol. The van der Waals surface area contributed by atoms with Gasteiger partial charge in [0.1, 0.15) is 5.82 Å². The first-order valence-electron chi connectivity index (χ1n) is 6.93. The molecule has 0 aliphatic carbocycles. The summed E-state index contributed by atoms with van der Waals surface area (Å²) in [6, 6.07) is 7.11. The minimum Gasteiger partial charge on any atom is -0.347 e. The highest BCUT2D eigenvalue weighted by Crippen LogP contribution is 2.18. The second-order valence-corrected chi connectivity index (χ2v) is 7.58. The van der Waals surface area contributed by atoms with Gasteiger partial charge < -0.3 is 4.98 Å². The summed E-state index contributed by atoms with van der Waals surface area (Å²) in [5.74, 6) is 1.17. The fourth-order valence-electron chi connectivity index (χ4n) is 2.13. The minimum atomic E-state index is -3.49. The molecule has 6 heteroatoms. The van der Waals surface area contributed by atoms with Gasteiger partial charge in [-0.3, -0.25) is 0 Å². The Labute approximate surface area is 126 Å². The zero-order valence-corrected chi connectivity index (χ0v) is 13.4. The highest BCUT2D eigenvalue weighted by Gasteiger charge is 2.21. The topological polar surface area (TPSA) is 66.1 Å². The Morgan fingerprint density at radius 2 is 1.90 bits per heavy atom. The molecule has 114 valence electrons. The predicted octanol–water partition coefficient (Wildman–Crippen LogP) is 2.43. The van der Waals surface area contributed by atoms with Crippen molar-refractivity contribution >= 4 is 10.0 Å². The van der Waals surface area contributed by atoms with E-state index in [9.17, 15) is 8.42 Å². The van der Waals surface area contributed by atoms with E-state index < -0.39 is 10.0 Å². The lowest BCUT2D eigenvalue weighted by Gasteiger charge is -2.16. The van der Waals surface area contributed by atoms with Gasteiger partial charge in [-0.1, -0.05) is 26.0 Å². The lowest BCUT2D eigenvalue weighted by Crippen LogP contribution is -2.27. The van der Waals surface area contributed by atoms with E-state index in [2.05, 4.69) is 23.8 Å². The number of hydrogen-bond donors (Lipinski definition) is 1. The molecule has 0 saturated carbocycles. The van der Waals surface area contributed by atoms with E-state index in [-0.39, 0.29) is 6.54 Å². The number of nitrogens with zero attached hydrogens (tertiary/aromatic N) is 2. The summed E-state index contributed by atoms with van der Waals surface area (Å²) >= 11 is 0. The molecule has 1 aromatic heterocycles. The number of sulfonamides is 1. The van der Waals surface area contributed by atoms with Gasteiger partial charge in [0.05, 0.1) is 11.4 Å². The van der Waals surface area contributed by atoms with Gasteiger partial charge in [0, 0.05) is 19.4 Å². The van der Waals surface area contributed by atoms with Crippen molar-refractivity contribution in [2.24, 2.45) is 5.92 Å². The van der Waals surface area contributed by atoms with E-state index in [1.165, 1.54) is 4.31 Å². The Kier molecular flexibility index (Phi) is 4.80. The summed E-state index contributed by atoms with van der Waals surface area (Å²) in [6.07, 6.45) is 4.23. The molecule has 0 aliphatic rings. The summed E-state index contributed by atoms with van der Waals surface area (Å²) in [6.45, 7) is 4.51. The Bertz CT molecular complexity index is 661. The number of rotatable bonds is 6. The van der Waals surface area contributed by atoms with Crippen LogP contribution < -0.4 is 0 Å². The number of imidazole rings is 1. The number of H-pyrrole nitrogens is 1. The summed E-state index contributed by atoms with van der Waals surface area (Å²) in [5, 5.41) is 0. The molecule has 0 spiro atoms. The molecule has 0 fully saturated rings. The lowest BCUT2D eigenvalue weighted by molar-refractivity contribution is 0.458. The van der Waals surface area contributed by atoms with Gasteiger partial charge in [-0.05, 0) is 30.0 Å². The summed E-state index contributed by atoms with van der Waals surface area (Å²) in [5.41, 5.74) is 1.15. The molecule has 0 aliphatic heterocycles. The first-order chi connectivity index (χ1) is 9.89. The van der Waals surface area contributed by atoms with Gasteiger partial charge in [-0.15, -0.1) is 0 Å². The van der Waals surface area contributed by atoms with Crippen molar-refractivity contribution in [1.29, 1.82) is 0 Å². The Hall–Kier alpha value is -1.66. The van der Waals surface area contributed by atoms with E-state index in [4.69, 9.17) is 0 Å². The standard InChI is InChI=1S/C15H21N3O2S/c1-12(2)10-13-4-6-14(7-5-13)21(19,20)18(3)11-15-16-8-9-17-15/h4-9,12H,10-11H2,1-3H3,(H,16,17). The maximum atomic E-state index is 12.5. The average molecular weight is 307 g/mol. The van der Waals surface area contributed by atoms with E-state index >= 15 is 0 Å². The molecule has 21 heavy (non-hydrogen) atoms. The number of aromatic amines is 1. The third kappa shape index (κ3) is 3.92. The third-order valence-corrected chi connectivity index (χ3v) is 5.02. The fraction of sp³-hybridized carbons (Fsp3) is 0.400. The van der Waals surface area contributed by atoms with Crippen LogP contribution in [0.3, 0.4) is 0 Å². The van der Waals surface area contributed by atoms with Gasteiger partial charge in [0.15, 0.2) is 0 Å². The lowest BCUT2D eigenvalue weighted by atomic mass is 10.0. The third-order valence-electron chi connectivity index (χ3n) is 3.20. The second kappa shape index (κ2) is 6.41. The number of benzene rings is 1. The van der Waals surface area contributed by atoms with Crippen LogP contribution in [0.1, 0.15) is 25.2 Å². The number of hydrogen-bond acceptors (Lipinski definition) is 3. The van der Waals surface area contributed by atoms with Crippen LogP contribution in [0, 0.1) is 5.92 Å². The van der Waals surface area contributed by atoms with E-state index in [1.807, 2.05) is 12.1 Å². The van der Waals surface area contributed by atoms with Crippen LogP contribution >= 0.6 is 0 Å². The van der Waals surface area contributed by atoms with Crippen molar-refractivity contribution in [3.05, 3.63) is 48.0 Å². The monoisotopic (exact) mass is 307 g/mol. The van der Waals surface area contributed by atoms with Crippen molar-refractivity contribution in [2.45, 2.75) is 31.7 Å². The molecule has 0 saturated heterocycles. The maximum absolute atomic E-state index is 12.5. The molecule has 0 bridgehead atoms. The molecule has 0 radical (unpaired) electrons. The summed E-state index contributed by atoms with van der Waals surface area (Å²) in [4.78, 5) is 7.26. The SMILES string of the molecule is CC(C)Cc1ccc(S(=O)(=O)N(C)Cc2ncc[nH]2)cc1. The Morgan fingerprint density at radius 3 is 2.43 bits per heavy atom. The summed E-state index contributed by atoms with van der Waals surface area (Å²) in [7, 11) is -1.93. The van der Waals surface area contributed by atoms with Crippen LogP contribution in [-0.4, -0.2) is 29.7 Å². The highest BCUT2D eigenvalue weighted by atomic mass is 32.2. The van der Waals surface area contributed by atoms with Crippen molar-refractivity contribution in [3.63, 3.8) is 0 Å². The maximum Gasteiger partial charge on any atom is 0.243 e. The van der Waals surface area contributed by atoms with Crippen molar-refractivity contribution in [1.82, 2.24) is 14.3 Å². The molecule has 1 aromatic carbocycles. The van der Waals surface area contributed by atoms with Crippen molar-refractivity contribution in [2.75, 3.05) is 7.05 Å². The molecule has 0 amide bonds. The van der Waals surface area contributed by atoms with Crippen LogP contribution in [-0.2, 0) is 23.0 Å². The van der Waals surface area contributed by atoms with Crippen LogP contribution in [0.2, 0.25) is 0 Å². The van der Waals surface area contributed by atoms with E-state index in [0.29, 0.717) is 16.6 Å². The van der Waals surface area contributed by atoms with Crippen molar-refractivity contribution < 1.29 is 8.42 Å². The molecule has 1 heterocycles. The van der Waals surface area contributed by atoms with Crippen LogP contribution in [0.15, 0.2) is 41.6 Å². The van der Waals surface area contributed by atoms with E-state index in [0.717, 1.165) is 12.0 Å². The zero-order chi connectivity index (χ0) is 15.5. The smallest absolute Gasteiger partial charge is 0.243 e. The first-order valence-corrected chi connectivity index (χ1v) is 8.37. The minimum absolute atomic E-state index is 0.225. The largest absolute Gasteiger partial charge is 0.347 e. The Balaban J connectivity index is 2.15. The summed E-state index contributed by atoms with van der Waals surface area (Å²) < 4.78 is 26.2. The Morgan fingerprint density at radius 1 is 1.24 bits per heavy atom. The van der Waals surface area contributed by atoms with Gasteiger partial charge in [0.2, 0.25) is 10.0 Å². The predicted molar refractivity (Wildman–Crippen MR) is 82.2 cm³/mol. The van der Waals surface area contributed by atoms with Gasteiger partial charge >= 0.3 is 0 Å². The highest BCUT2D eigenvalue weighted by molar-refractivity contribution is 7.89. The molecule has 5 nitrogen and oxygen atoms in total. The van der Waals surface area contributed by atoms with Crippen LogP contribution in [0.4, 0.5) is 0 Å². The molecule has 1 N–H and O–H groups in total. The van der Waals surface area contributed by atoms with Gasteiger partial charge in [-0.25, -0.2) is 13.4 Å². The molecular formula is C15H21N3O2S. The second-order valence-electron chi connectivity index (χ2n) is 5.54. The molecule has 2 rings (SSSR count). The van der Waals surface area contributed by atoms with Crippen molar-refractivity contribution in [3.8, 4) is 0 Å². The zero-order valence-electron chi connectivity index (χ0n) is 12.6. The fourth-order valence-corrected chi connectivity index (χ4v) is 3.26. The number of aromatic nitrogens is 2. The van der Waals surface area contributed by atoms with Crippen LogP contribution in [0.5, 0.6) is 0 Å². The normalized spacial score (nSPS) is 12.2. The van der Waals surface area contributed by atoms with Gasteiger partial charge in [0.25, 0.3) is 0 Å². The molecule has 2 aromatic rings. The molecule has 0 unspecified atom stereocenters. The van der Waals surface area contributed by atoms with E-state index in [1.54, 1.807) is 31.6 Å². The average Bonchev–Trinajstić information content (AvgIpc) is 2.91. The quantitative estimate of drug-likeness (QED) is 0.891. The molecule has 0 atom stereocenters.